The molecule has 1 N–H and O–H groups in total. The Hall–Kier alpha value is -2.74. The summed E-state index contributed by atoms with van der Waals surface area (Å²) >= 11 is 5.15. The lowest BCUT2D eigenvalue weighted by atomic mass is 10.2. The van der Waals surface area contributed by atoms with Gasteiger partial charge in [-0.2, -0.15) is 8.78 Å². The smallest absolute Gasteiger partial charge is 0.387 e. The summed E-state index contributed by atoms with van der Waals surface area (Å²) < 4.78 is 33.7. The molecule has 23 heavy (non-hydrogen) atoms. The highest BCUT2D eigenvalue weighted by molar-refractivity contribution is 7.80. The molecule has 0 aliphatic carbocycles. The fourth-order valence-corrected chi connectivity index (χ4v) is 2.36. The third kappa shape index (κ3) is 3.21. The SMILES string of the molecule is O=C1C(=Cc2ccco2)NC(=S)N1c1ccc(OC(F)F)cc1. The van der Waals surface area contributed by atoms with Crippen LogP contribution in [0.15, 0.2) is 52.8 Å². The largest absolute Gasteiger partial charge is 0.465 e. The zero-order valence-electron chi connectivity index (χ0n) is 11.5. The van der Waals surface area contributed by atoms with E-state index in [9.17, 15) is 13.6 Å². The molecule has 3 rings (SSSR count). The molecule has 5 nitrogen and oxygen atoms in total. The van der Waals surface area contributed by atoms with Crippen LogP contribution in [-0.2, 0) is 4.79 Å². The first-order valence-corrected chi connectivity index (χ1v) is 6.91. The molecular weight excluding hydrogens is 326 g/mol. The summed E-state index contributed by atoms with van der Waals surface area (Å²) in [6.07, 6.45) is 3.02. The minimum absolute atomic E-state index is 0.000578. The third-order valence-electron chi connectivity index (χ3n) is 3.03. The van der Waals surface area contributed by atoms with E-state index in [-0.39, 0.29) is 22.5 Å². The van der Waals surface area contributed by atoms with Gasteiger partial charge in [0.1, 0.15) is 17.2 Å². The average molecular weight is 336 g/mol. The van der Waals surface area contributed by atoms with Gasteiger partial charge in [-0.1, -0.05) is 0 Å². The fraction of sp³-hybridized carbons (Fsp3) is 0.0667. The highest BCUT2D eigenvalue weighted by atomic mass is 32.1. The summed E-state index contributed by atoms with van der Waals surface area (Å²) in [5.41, 5.74) is 0.704. The quantitative estimate of drug-likeness (QED) is 0.687. The molecule has 1 saturated heterocycles. The van der Waals surface area contributed by atoms with E-state index in [1.54, 1.807) is 12.1 Å². The van der Waals surface area contributed by atoms with Crippen molar-refractivity contribution in [3.05, 3.63) is 54.1 Å². The van der Waals surface area contributed by atoms with E-state index in [1.165, 1.54) is 41.5 Å². The van der Waals surface area contributed by atoms with Crippen LogP contribution in [0.1, 0.15) is 5.76 Å². The van der Waals surface area contributed by atoms with E-state index in [1.807, 2.05) is 0 Å². The van der Waals surface area contributed by atoms with E-state index in [0.717, 1.165) is 0 Å². The van der Waals surface area contributed by atoms with Crippen molar-refractivity contribution in [1.29, 1.82) is 0 Å². The number of thiocarbonyl (C=S) groups is 1. The highest BCUT2D eigenvalue weighted by Gasteiger charge is 2.32. The number of ether oxygens (including phenoxy) is 1. The van der Waals surface area contributed by atoms with Crippen molar-refractivity contribution < 1.29 is 22.7 Å². The second-order valence-electron chi connectivity index (χ2n) is 4.52. The van der Waals surface area contributed by atoms with Gasteiger partial charge in [-0.05, 0) is 48.6 Å². The number of anilines is 1. The van der Waals surface area contributed by atoms with E-state index in [2.05, 4.69) is 10.1 Å². The number of carbonyl (C=O) groups excluding carboxylic acids is 1. The zero-order chi connectivity index (χ0) is 16.4. The van der Waals surface area contributed by atoms with Crippen molar-refractivity contribution in [2.24, 2.45) is 0 Å². The minimum atomic E-state index is -2.90. The number of amides is 1. The zero-order valence-corrected chi connectivity index (χ0v) is 12.3. The van der Waals surface area contributed by atoms with Gasteiger partial charge >= 0.3 is 6.61 Å². The topological polar surface area (TPSA) is 54.7 Å². The normalized spacial score (nSPS) is 16.3. The van der Waals surface area contributed by atoms with Gasteiger partial charge in [-0.3, -0.25) is 9.69 Å². The van der Waals surface area contributed by atoms with Gasteiger partial charge in [0.25, 0.3) is 5.91 Å². The van der Waals surface area contributed by atoms with E-state index >= 15 is 0 Å². The number of halogens is 2. The van der Waals surface area contributed by atoms with Crippen LogP contribution in [0.3, 0.4) is 0 Å². The molecule has 1 amide bonds. The van der Waals surface area contributed by atoms with Crippen molar-refractivity contribution >= 4 is 35.0 Å². The van der Waals surface area contributed by atoms with Crippen LogP contribution >= 0.6 is 12.2 Å². The summed E-state index contributed by atoms with van der Waals surface area (Å²) in [6.45, 7) is -2.90. The van der Waals surface area contributed by atoms with Crippen molar-refractivity contribution in [2.75, 3.05) is 4.90 Å². The van der Waals surface area contributed by atoms with Crippen LogP contribution in [-0.4, -0.2) is 17.6 Å². The Kier molecular flexibility index (Phi) is 4.07. The Balaban J connectivity index is 1.83. The summed E-state index contributed by atoms with van der Waals surface area (Å²) in [7, 11) is 0. The molecule has 8 heteroatoms. The fourth-order valence-electron chi connectivity index (χ4n) is 2.06. The van der Waals surface area contributed by atoms with E-state index in [4.69, 9.17) is 16.6 Å². The van der Waals surface area contributed by atoms with Gasteiger partial charge < -0.3 is 14.5 Å². The summed E-state index contributed by atoms with van der Waals surface area (Å²) in [6, 6.07) is 9.02. The van der Waals surface area contributed by atoms with Crippen molar-refractivity contribution in [3.63, 3.8) is 0 Å². The molecule has 1 aliphatic heterocycles. The van der Waals surface area contributed by atoms with Crippen LogP contribution in [0.25, 0.3) is 6.08 Å². The van der Waals surface area contributed by atoms with Gasteiger partial charge in [-0.15, -0.1) is 0 Å². The minimum Gasteiger partial charge on any atom is -0.465 e. The molecule has 0 spiro atoms. The van der Waals surface area contributed by atoms with Gasteiger partial charge in [0.2, 0.25) is 0 Å². The number of benzene rings is 1. The summed E-state index contributed by atoms with van der Waals surface area (Å²) in [5, 5.41) is 2.99. The molecule has 1 aromatic carbocycles. The standard InChI is InChI=1S/C15H10F2N2O3S/c16-14(17)22-10-5-3-9(4-6-10)19-13(20)12(18-15(19)23)8-11-2-1-7-21-11/h1-8,14H,(H,18,23). The number of hydrogen-bond donors (Lipinski definition) is 1. The van der Waals surface area contributed by atoms with Crippen LogP contribution in [0.4, 0.5) is 14.5 Å². The Labute approximate surface area is 135 Å². The molecule has 1 fully saturated rings. The molecule has 2 heterocycles. The maximum atomic E-state index is 12.4. The first kappa shape index (κ1) is 15.2. The average Bonchev–Trinajstić information content (AvgIpc) is 3.09. The second-order valence-corrected chi connectivity index (χ2v) is 4.90. The van der Waals surface area contributed by atoms with E-state index < -0.39 is 6.61 Å². The lowest BCUT2D eigenvalue weighted by Crippen LogP contribution is -2.30. The highest BCUT2D eigenvalue weighted by Crippen LogP contribution is 2.25. The maximum Gasteiger partial charge on any atom is 0.387 e. The van der Waals surface area contributed by atoms with Crippen LogP contribution in [0.5, 0.6) is 5.75 Å². The molecule has 118 valence electrons. The van der Waals surface area contributed by atoms with Gasteiger partial charge in [0, 0.05) is 6.08 Å². The third-order valence-corrected chi connectivity index (χ3v) is 3.31. The predicted molar refractivity (Wildman–Crippen MR) is 83.0 cm³/mol. The number of carbonyl (C=O) groups is 1. The van der Waals surface area contributed by atoms with Gasteiger partial charge in [-0.25, -0.2) is 0 Å². The lowest BCUT2D eigenvalue weighted by Gasteiger charge is -2.14. The lowest BCUT2D eigenvalue weighted by molar-refractivity contribution is -0.113. The second kappa shape index (κ2) is 6.17. The number of furan rings is 1. The number of nitrogens with one attached hydrogen (secondary N) is 1. The Morgan fingerprint density at radius 1 is 1.26 bits per heavy atom. The number of hydrogen-bond acceptors (Lipinski definition) is 4. The monoisotopic (exact) mass is 336 g/mol. The van der Waals surface area contributed by atoms with Gasteiger partial charge in [0.05, 0.1) is 12.0 Å². The molecular formula is C15H10F2N2O3S. The predicted octanol–water partition coefficient (Wildman–Crippen LogP) is 3.14. The first-order chi connectivity index (χ1) is 11.0. The van der Waals surface area contributed by atoms with Gasteiger partial charge in [0.15, 0.2) is 5.11 Å². The molecule has 2 aromatic rings. The molecule has 0 atom stereocenters. The van der Waals surface area contributed by atoms with Crippen molar-refractivity contribution in [2.45, 2.75) is 6.61 Å². The molecule has 0 saturated carbocycles. The number of nitrogens with zero attached hydrogens (tertiary/aromatic N) is 1. The van der Waals surface area contributed by atoms with E-state index in [0.29, 0.717) is 11.4 Å². The van der Waals surface area contributed by atoms with Crippen LogP contribution in [0.2, 0.25) is 0 Å². The summed E-state index contributed by atoms with van der Waals surface area (Å²) in [4.78, 5) is 13.7. The molecule has 1 aromatic heterocycles. The molecule has 0 bridgehead atoms. The Morgan fingerprint density at radius 2 is 2.00 bits per heavy atom. The number of alkyl halides is 2. The first-order valence-electron chi connectivity index (χ1n) is 6.50. The van der Waals surface area contributed by atoms with Crippen LogP contribution < -0.4 is 15.0 Å². The van der Waals surface area contributed by atoms with Crippen molar-refractivity contribution in [1.82, 2.24) is 5.32 Å². The number of rotatable bonds is 4. The molecule has 0 radical (unpaired) electrons. The Bertz CT molecular complexity index is 758. The van der Waals surface area contributed by atoms with Crippen molar-refractivity contribution in [3.8, 4) is 5.75 Å². The maximum absolute atomic E-state index is 12.4. The molecule has 1 aliphatic rings. The van der Waals surface area contributed by atoms with Crippen LogP contribution in [0, 0.1) is 0 Å². The summed E-state index contributed by atoms with van der Waals surface area (Å²) in [5.74, 6) is 0.140. The molecule has 0 unspecified atom stereocenters. The Morgan fingerprint density at radius 3 is 2.61 bits per heavy atom.